The lowest BCUT2D eigenvalue weighted by atomic mass is 10.1. The second-order valence-electron chi connectivity index (χ2n) is 3.59. The predicted octanol–water partition coefficient (Wildman–Crippen LogP) is 2.48. The molecule has 0 radical (unpaired) electrons. The number of aryl methyl sites for hydroxylation is 1. The second-order valence-corrected chi connectivity index (χ2v) is 3.59. The maximum atomic E-state index is 13.1. The van der Waals surface area contributed by atoms with E-state index in [9.17, 15) is 4.39 Å². The van der Waals surface area contributed by atoms with Gasteiger partial charge < -0.3 is 10.8 Å². The van der Waals surface area contributed by atoms with Gasteiger partial charge in [0.25, 0.3) is 0 Å². The third-order valence-electron chi connectivity index (χ3n) is 2.40. The molecule has 0 aliphatic heterocycles. The number of phenolic OH excluding ortho intramolecular Hbond substituents is 1. The van der Waals surface area contributed by atoms with Gasteiger partial charge in [0, 0.05) is 11.8 Å². The van der Waals surface area contributed by atoms with E-state index >= 15 is 0 Å². The number of nitrogens with two attached hydrogens (primary N) is 1. The molecule has 0 aliphatic rings. The van der Waals surface area contributed by atoms with E-state index in [1.165, 1.54) is 12.1 Å². The number of aromatic hydroxyl groups is 1. The number of halogens is 1. The molecule has 0 atom stereocenters. The third kappa shape index (κ3) is 1.82. The van der Waals surface area contributed by atoms with Crippen LogP contribution in [-0.2, 0) is 0 Å². The maximum absolute atomic E-state index is 13.1. The fourth-order valence-electron chi connectivity index (χ4n) is 1.43. The fraction of sp³-hybridized carbons (Fsp3) is 0.0833. The van der Waals surface area contributed by atoms with Gasteiger partial charge in [-0.25, -0.2) is 9.37 Å². The van der Waals surface area contributed by atoms with Crippen molar-refractivity contribution in [3.63, 3.8) is 0 Å². The molecule has 1 aromatic carbocycles. The molecule has 0 saturated heterocycles. The normalized spacial score (nSPS) is 10.4. The summed E-state index contributed by atoms with van der Waals surface area (Å²) < 4.78 is 13.1. The summed E-state index contributed by atoms with van der Waals surface area (Å²) in [5, 5.41) is 9.08. The molecule has 0 amide bonds. The van der Waals surface area contributed by atoms with Gasteiger partial charge in [-0.1, -0.05) is 6.07 Å². The van der Waals surface area contributed by atoms with Gasteiger partial charge in [0.15, 0.2) is 11.6 Å². The average molecular weight is 218 g/mol. The van der Waals surface area contributed by atoms with Crippen LogP contribution in [0.3, 0.4) is 0 Å². The van der Waals surface area contributed by atoms with Crippen molar-refractivity contribution in [3.05, 3.63) is 41.8 Å². The SMILES string of the molecule is Cc1cc(-c2ccc(O)c(F)c2)cnc1N. The molecule has 82 valence electrons. The summed E-state index contributed by atoms with van der Waals surface area (Å²) >= 11 is 0. The predicted molar refractivity (Wildman–Crippen MR) is 60.4 cm³/mol. The molecule has 3 N–H and O–H groups in total. The van der Waals surface area contributed by atoms with E-state index in [0.29, 0.717) is 11.4 Å². The third-order valence-corrected chi connectivity index (χ3v) is 2.40. The Morgan fingerprint density at radius 2 is 2.00 bits per heavy atom. The average Bonchev–Trinajstić information content (AvgIpc) is 2.26. The van der Waals surface area contributed by atoms with Crippen LogP contribution in [0, 0.1) is 12.7 Å². The summed E-state index contributed by atoms with van der Waals surface area (Å²) in [4.78, 5) is 4.00. The van der Waals surface area contributed by atoms with Crippen molar-refractivity contribution in [3.8, 4) is 16.9 Å². The molecule has 0 spiro atoms. The summed E-state index contributed by atoms with van der Waals surface area (Å²) in [6, 6.07) is 6.04. The number of aromatic nitrogens is 1. The van der Waals surface area contributed by atoms with Crippen LogP contribution >= 0.6 is 0 Å². The fourth-order valence-corrected chi connectivity index (χ4v) is 1.43. The van der Waals surface area contributed by atoms with Gasteiger partial charge in [-0.3, -0.25) is 0 Å². The van der Waals surface area contributed by atoms with Gasteiger partial charge >= 0.3 is 0 Å². The zero-order valence-corrected chi connectivity index (χ0v) is 8.74. The van der Waals surface area contributed by atoms with E-state index in [4.69, 9.17) is 10.8 Å². The van der Waals surface area contributed by atoms with Gasteiger partial charge in [0.2, 0.25) is 0 Å². The molecular weight excluding hydrogens is 207 g/mol. The van der Waals surface area contributed by atoms with E-state index in [1.807, 2.05) is 13.0 Å². The Balaban J connectivity index is 2.50. The molecule has 1 aromatic heterocycles. The molecule has 3 nitrogen and oxygen atoms in total. The summed E-state index contributed by atoms with van der Waals surface area (Å²) in [6.07, 6.45) is 1.58. The van der Waals surface area contributed by atoms with Crippen molar-refractivity contribution in [1.29, 1.82) is 0 Å². The van der Waals surface area contributed by atoms with Gasteiger partial charge in [0.05, 0.1) is 0 Å². The first-order valence-electron chi connectivity index (χ1n) is 4.79. The van der Waals surface area contributed by atoms with Gasteiger partial charge in [-0.2, -0.15) is 0 Å². The number of benzene rings is 1. The molecule has 0 aliphatic carbocycles. The van der Waals surface area contributed by atoms with E-state index in [1.54, 1.807) is 12.3 Å². The first-order valence-corrected chi connectivity index (χ1v) is 4.79. The van der Waals surface area contributed by atoms with Crippen LogP contribution < -0.4 is 5.73 Å². The number of pyridine rings is 1. The van der Waals surface area contributed by atoms with E-state index in [-0.39, 0.29) is 5.75 Å². The quantitative estimate of drug-likeness (QED) is 0.773. The number of hydrogen-bond acceptors (Lipinski definition) is 3. The lowest BCUT2D eigenvalue weighted by molar-refractivity contribution is 0.432. The monoisotopic (exact) mass is 218 g/mol. The van der Waals surface area contributed by atoms with Crippen LogP contribution in [0.2, 0.25) is 0 Å². The summed E-state index contributed by atoms with van der Waals surface area (Å²) in [7, 11) is 0. The van der Waals surface area contributed by atoms with Gasteiger partial charge in [0.1, 0.15) is 5.82 Å². The zero-order valence-electron chi connectivity index (χ0n) is 8.74. The van der Waals surface area contributed by atoms with Crippen LogP contribution in [0.15, 0.2) is 30.5 Å². The molecule has 0 bridgehead atoms. The summed E-state index contributed by atoms with van der Waals surface area (Å²) in [5.74, 6) is -0.543. The Labute approximate surface area is 92.4 Å². The Hall–Kier alpha value is -2.10. The molecule has 0 unspecified atom stereocenters. The highest BCUT2D eigenvalue weighted by Gasteiger charge is 2.05. The second kappa shape index (κ2) is 3.81. The highest BCUT2D eigenvalue weighted by atomic mass is 19.1. The minimum atomic E-state index is -0.646. The lowest BCUT2D eigenvalue weighted by Gasteiger charge is -2.05. The minimum Gasteiger partial charge on any atom is -0.505 e. The van der Waals surface area contributed by atoms with Crippen molar-refractivity contribution in [2.75, 3.05) is 5.73 Å². The topological polar surface area (TPSA) is 59.1 Å². The van der Waals surface area contributed by atoms with Crippen LogP contribution in [0.4, 0.5) is 10.2 Å². The standard InChI is InChI=1S/C12H11FN2O/c1-7-4-9(6-15-12(7)14)8-2-3-11(16)10(13)5-8/h2-6,16H,1H3,(H2,14,15). The van der Waals surface area contributed by atoms with Crippen molar-refractivity contribution in [1.82, 2.24) is 4.98 Å². The molecule has 0 fully saturated rings. The van der Waals surface area contributed by atoms with Gasteiger partial charge in [-0.15, -0.1) is 0 Å². The Morgan fingerprint density at radius 1 is 1.25 bits per heavy atom. The largest absolute Gasteiger partial charge is 0.505 e. The molecule has 1 heterocycles. The smallest absolute Gasteiger partial charge is 0.165 e. The number of phenols is 1. The first-order chi connectivity index (χ1) is 7.58. The van der Waals surface area contributed by atoms with E-state index < -0.39 is 5.82 Å². The highest BCUT2D eigenvalue weighted by Crippen LogP contribution is 2.25. The van der Waals surface area contributed by atoms with Crippen LogP contribution in [0.1, 0.15) is 5.56 Å². The van der Waals surface area contributed by atoms with Crippen molar-refractivity contribution >= 4 is 5.82 Å². The summed E-state index contributed by atoms with van der Waals surface area (Å²) in [6.45, 7) is 1.84. The Morgan fingerprint density at radius 3 is 2.62 bits per heavy atom. The Bertz CT molecular complexity index is 491. The molecule has 4 heteroatoms. The lowest BCUT2D eigenvalue weighted by Crippen LogP contribution is -1.94. The molecule has 16 heavy (non-hydrogen) atoms. The Kier molecular flexibility index (Phi) is 2.48. The van der Waals surface area contributed by atoms with Crippen LogP contribution in [0.25, 0.3) is 11.1 Å². The highest BCUT2D eigenvalue weighted by molar-refractivity contribution is 5.65. The zero-order chi connectivity index (χ0) is 11.7. The van der Waals surface area contributed by atoms with Crippen molar-refractivity contribution in [2.45, 2.75) is 6.92 Å². The van der Waals surface area contributed by atoms with Crippen molar-refractivity contribution in [2.24, 2.45) is 0 Å². The van der Waals surface area contributed by atoms with E-state index in [0.717, 1.165) is 11.1 Å². The number of rotatable bonds is 1. The molecule has 2 aromatic rings. The van der Waals surface area contributed by atoms with Crippen LogP contribution in [0.5, 0.6) is 5.75 Å². The number of hydrogen-bond donors (Lipinski definition) is 2. The molecular formula is C12H11FN2O. The van der Waals surface area contributed by atoms with Crippen LogP contribution in [-0.4, -0.2) is 10.1 Å². The van der Waals surface area contributed by atoms with Gasteiger partial charge in [-0.05, 0) is 36.2 Å². The van der Waals surface area contributed by atoms with Crippen molar-refractivity contribution < 1.29 is 9.50 Å². The van der Waals surface area contributed by atoms with E-state index in [2.05, 4.69) is 4.98 Å². The number of nitrogens with zero attached hydrogens (tertiary/aromatic N) is 1. The molecule has 0 saturated carbocycles. The summed E-state index contributed by atoms with van der Waals surface area (Å²) in [5.41, 5.74) is 7.86. The first kappa shape index (κ1) is 10.4. The molecule has 2 rings (SSSR count). The minimum absolute atomic E-state index is 0.358. The maximum Gasteiger partial charge on any atom is 0.165 e. The number of nitrogen functional groups attached to an aromatic ring is 1. The number of anilines is 1.